The molecule has 1 atom stereocenters. The van der Waals surface area contributed by atoms with E-state index in [1.165, 1.54) is 6.26 Å². The van der Waals surface area contributed by atoms with Crippen LogP contribution in [0.15, 0.2) is 46.9 Å². The lowest BCUT2D eigenvalue weighted by molar-refractivity contribution is 0.269. The third kappa shape index (κ3) is 4.82. The Labute approximate surface area is 136 Å². The van der Waals surface area contributed by atoms with Crippen LogP contribution in [-0.4, -0.2) is 38.7 Å². The molecule has 1 aliphatic heterocycles. The maximum atomic E-state index is 11.3. The second-order valence-electron chi connectivity index (χ2n) is 5.75. The predicted molar refractivity (Wildman–Crippen MR) is 86.9 cm³/mol. The van der Waals surface area contributed by atoms with Gasteiger partial charge in [-0.05, 0) is 24.6 Å². The third-order valence-electron chi connectivity index (χ3n) is 3.63. The molecule has 2 aromatic rings. The van der Waals surface area contributed by atoms with Crippen LogP contribution >= 0.6 is 0 Å². The van der Waals surface area contributed by atoms with Gasteiger partial charge in [0, 0.05) is 25.2 Å². The highest BCUT2D eigenvalue weighted by atomic mass is 32.2. The number of hydrogen-bond donors (Lipinski definition) is 1. The molecule has 1 fully saturated rings. The molecule has 1 saturated heterocycles. The molecule has 0 aliphatic carbocycles. The molecule has 0 spiro atoms. The van der Waals surface area contributed by atoms with E-state index >= 15 is 0 Å². The van der Waals surface area contributed by atoms with E-state index in [-0.39, 0.29) is 6.04 Å². The van der Waals surface area contributed by atoms with Crippen LogP contribution in [0.1, 0.15) is 12.2 Å². The highest BCUT2D eigenvalue weighted by molar-refractivity contribution is 7.88. The number of sulfonamides is 1. The second-order valence-corrected chi connectivity index (χ2v) is 7.53. The summed E-state index contributed by atoms with van der Waals surface area (Å²) in [6.45, 7) is 2.16. The van der Waals surface area contributed by atoms with Crippen molar-refractivity contribution in [1.29, 1.82) is 0 Å². The van der Waals surface area contributed by atoms with Crippen LogP contribution in [0, 0.1) is 0 Å². The Hall–Kier alpha value is -1.83. The number of benzene rings is 1. The van der Waals surface area contributed by atoms with Crippen molar-refractivity contribution >= 4 is 10.0 Å². The Morgan fingerprint density at radius 1 is 1.26 bits per heavy atom. The lowest BCUT2D eigenvalue weighted by Crippen LogP contribution is -2.36. The molecule has 23 heavy (non-hydrogen) atoms. The smallest absolute Gasteiger partial charge is 0.290 e. The molecule has 1 aliphatic rings. The van der Waals surface area contributed by atoms with Gasteiger partial charge in [0.1, 0.15) is 11.5 Å². The van der Waals surface area contributed by atoms with Crippen LogP contribution in [-0.2, 0) is 16.6 Å². The summed E-state index contributed by atoms with van der Waals surface area (Å²) in [5.41, 5.74) is 0. The summed E-state index contributed by atoms with van der Waals surface area (Å²) in [4.78, 5) is 2.16. The van der Waals surface area contributed by atoms with Gasteiger partial charge in [0.15, 0.2) is 0 Å². The topological polar surface area (TPSA) is 71.8 Å². The maximum absolute atomic E-state index is 11.3. The summed E-state index contributed by atoms with van der Waals surface area (Å²) in [7, 11) is -3.15. The van der Waals surface area contributed by atoms with Crippen molar-refractivity contribution in [3.05, 3.63) is 48.2 Å². The highest BCUT2D eigenvalue weighted by Crippen LogP contribution is 2.24. The maximum Gasteiger partial charge on any atom is 0.290 e. The van der Waals surface area contributed by atoms with Gasteiger partial charge in [0.2, 0.25) is 10.0 Å². The van der Waals surface area contributed by atoms with Crippen molar-refractivity contribution in [2.75, 3.05) is 19.3 Å². The Morgan fingerprint density at radius 2 is 2.04 bits per heavy atom. The number of likely N-dealkylation sites (tertiary alicyclic amines) is 1. The van der Waals surface area contributed by atoms with E-state index < -0.39 is 10.0 Å². The molecule has 0 saturated carbocycles. The van der Waals surface area contributed by atoms with Gasteiger partial charge in [-0.2, -0.15) is 0 Å². The summed E-state index contributed by atoms with van der Waals surface area (Å²) < 4.78 is 36.5. The first-order chi connectivity index (χ1) is 11.0. The minimum absolute atomic E-state index is 0.0278. The number of ether oxygens (including phenoxy) is 1. The molecule has 0 radical (unpaired) electrons. The zero-order chi connectivity index (χ0) is 16.3. The molecule has 7 heteroatoms. The van der Waals surface area contributed by atoms with E-state index in [1.54, 1.807) is 6.07 Å². The predicted octanol–water partition coefficient (Wildman–Crippen LogP) is 2.20. The van der Waals surface area contributed by atoms with Gasteiger partial charge in [0.05, 0.1) is 12.8 Å². The van der Waals surface area contributed by atoms with E-state index in [4.69, 9.17) is 9.15 Å². The second kappa shape index (κ2) is 6.74. The number of nitrogens with zero attached hydrogens (tertiary/aromatic N) is 1. The Balaban J connectivity index is 1.54. The fraction of sp³-hybridized carbons (Fsp3) is 0.375. The SMILES string of the molecule is CS(=O)(=O)N[C@@H]1CCN(Cc2ccc(Oc3ccccc3)o2)C1. The fourth-order valence-corrected chi connectivity index (χ4v) is 3.50. The van der Waals surface area contributed by atoms with Gasteiger partial charge in [-0.25, -0.2) is 13.1 Å². The molecule has 2 heterocycles. The van der Waals surface area contributed by atoms with E-state index in [1.807, 2.05) is 36.4 Å². The van der Waals surface area contributed by atoms with Crippen molar-refractivity contribution in [2.24, 2.45) is 0 Å². The van der Waals surface area contributed by atoms with Crippen LogP contribution in [0.5, 0.6) is 11.7 Å². The van der Waals surface area contributed by atoms with E-state index in [2.05, 4.69) is 9.62 Å². The molecule has 1 aromatic heterocycles. The average Bonchev–Trinajstić information content (AvgIpc) is 3.09. The molecule has 0 bridgehead atoms. The lowest BCUT2D eigenvalue weighted by Gasteiger charge is -2.14. The molecule has 1 aromatic carbocycles. The van der Waals surface area contributed by atoms with Gasteiger partial charge in [0.25, 0.3) is 5.95 Å². The van der Waals surface area contributed by atoms with Crippen LogP contribution in [0.2, 0.25) is 0 Å². The minimum Gasteiger partial charge on any atom is -0.429 e. The van der Waals surface area contributed by atoms with Gasteiger partial charge in [-0.15, -0.1) is 0 Å². The zero-order valence-electron chi connectivity index (χ0n) is 12.9. The van der Waals surface area contributed by atoms with Crippen LogP contribution < -0.4 is 9.46 Å². The molecule has 6 nitrogen and oxygen atoms in total. The van der Waals surface area contributed by atoms with E-state index in [0.717, 1.165) is 24.5 Å². The first kappa shape index (κ1) is 16.0. The number of rotatable bonds is 6. The van der Waals surface area contributed by atoms with E-state index in [0.29, 0.717) is 19.0 Å². The summed E-state index contributed by atoms with van der Waals surface area (Å²) in [5.74, 6) is 1.99. The monoisotopic (exact) mass is 336 g/mol. The molecular formula is C16H20N2O4S. The summed E-state index contributed by atoms with van der Waals surface area (Å²) in [5, 5.41) is 0. The first-order valence-electron chi connectivity index (χ1n) is 7.49. The number of nitrogens with one attached hydrogen (secondary N) is 1. The van der Waals surface area contributed by atoms with Crippen molar-refractivity contribution in [1.82, 2.24) is 9.62 Å². The summed E-state index contributed by atoms with van der Waals surface area (Å²) >= 11 is 0. The Morgan fingerprint density at radius 3 is 2.78 bits per heavy atom. The Kier molecular flexibility index (Phi) is 4.70. The van der Waals surface area contributed by atoms with E-state index in [9.17, 15) is 8.42 Å². The molecule has 0 amide bonds. The highest BCUT2D eigenvalue weighted by Gasteiger charge is 2.25. The summed E-state index contributed by atoms with van der Waals surface area (Å²) in [6, 6.07) is 13.1. The molecule has 124 valence electrons. The van der Waals surface area contributed by atoms with Crippen molar-refractivity contribution in [3.8, 4) is 11.7 Å². The van der Waals surface area contributed by atoms with Crippen LogP contribution in [0.4, 0.5) is 0 Å². The van der Waals surface area contributed by atoms with Crippen LogP contribution in [0.25, 0.3) is 0 Å². The molecule has 3 rings (SSSR count). The standard InChI is InChI=1S/C16H20N2O4S/c1-23(19,20)17-13-9-10-18(11-13)12-15-7-8-16(22-15)21-14-5-3-2-4-6-14/h2-8,13,17H,9-12H2,1H3/t13-/m1/s1. The van der Waals surface area contributed by atoms with Gasteiger partial charge >= 0.3 is 0 Å². The largest absolute Gasteiger partial charge is 0.429 e. The van der Waals surface area contributed by atoms with Gasteiger partial charge in [-0.1, -0.05) is 18.2 Å². The van der Waals surface area contributed by atoms with Gasteiger partial charge in [-0.3, -0.25) is 4.90 Å². The molecule has 0 unspecified atom stereocenters. The first-order valence-corrected chi connectivity index (χ1v) is 9.38. The molecule has 1 N–H and O–H groups in total. The van der Waals surface area contributed by atoms with Crippen molar-refractivity contribution in [2.45, 2.75) is 19.0 Å². The zero-order valence-corrected chi connectivity index (χ0v) is 13.8. The van der Waals surface area contributed by atoms with Crippen molar-refractivity contribution < 1.29 is 17.6 Å². The quantitative estimate of drug-likeness (QED) is 0.875. The Bertz CT molecular complexity index is 742. The van der Waals surface area contributed by atoms with Crippen molar-refractivity contribution in [3.63, 3.8) is 0 Å². The fourth-order valence-electron chi connectivity index (χ4n) is 2.70. The number of para-hydroxylation sites is 1. The lowest BCUT2D eigenvalue weighted by atomic mass is 10.3. The number of hydrogen-bond acceptors (Lipinski definition) is 5. The normalized spacial score (nSPS) is 19.1. The summed E-state index contributed by atoms with van der Waals surface area (Å²) in [6.07, 6.45) is 2.00. The number of furan rings is 1. The molecular weight excluding hydrogens is 316 g/mol. The minimum atomic E-state index is -3.15. The van der Waals surface area contributed by atoms with Gasteiger partial charge < -0.3 is 9.15 Å². The average molecular weight is 336 g/mol. The third-order valence-corrected chi connectivity index (χ3v) is 4.39. The van der Waals surface area contributed by atoms with Crippen LogP contribution in [0.3, 0.4) is 0 Å².